The number of hydrogen-bond acceptors (Lipinski definition) is 3. The molecule has 1 aliphatic rings. The van der Waals surface area contributed by atoms with E-state index in [1.165, 1.54) is 38.0 Å². The molecule has 3 heteroatoms. The summed E-state index contributed by atoms with van der Waals surface area (Å²) in [5.74, 6) is 0.805. The lowest BCUT2D eigenvalue weighted by atomic mass is 9.97. The van der Waals surface area contributed by atoms with Gasteiger partial charge in [-0.15, -0.1) is 0 Å². The summed E-state index contributed by atoms with van der Waals surface area (Å²) in [5, 5.41) is 0. The van der Waals surface area contributed by atoms with Gasteiger partial charge in [0.25, 0.3) is 0 Å². The monoisotopic (exact) mass is 275 g/mol. The van der Waals surface area contributed by atoms with Crippen molar-refractivity contribution in [3.8, 4) is 0 Å². The second-order valence-corrected chi connectivity index (χ2v) is 5.91. The molecule has 0 amide bonds. The number of nitrogens with two attached hydrogens (primary N) is 1. The summed E-state index contributed by atoms with van der Waals surface area (Å²) in [6, 6.07) is 10.8. The molecule has 20 heavy (non-hydrogen) atoms. The van der Waals surface area contributed by atoms with Crippen LogP contribution in [-0.4, -0.2) is 49.1 Å². The molecule has 0 aliphatic carbocycles. The fourth-order valence-electron chi connectivity index (χ4n) is 3.20. The second-order valence-electron chi connectivity index (χ2n) is 5.91. The smallest absolute Gasteiger partial charge is 0.0233 e. The van der Waals surface area contributed by atoms with Crippen LogP contribution in [0.4, 0.5) is 0 Å². The number of benzene rings is 1. The van der Waals surface area contributed by atoms with E-state index in [1.54, 1.807) is 0 Å². The zero-order chi connectivity index (χ0) is 14.2. The highest BCUT2D eigenvalue weighted by Gasteiger charge is 2.21. The average Bonchev–Trinajstić information content (AvgIpc) is 2.48. The topological polar surface area (TPSA) is 32.5 Å². The molecular formula is C17H29N3. The summed E-state index contributed by atoms with van der Waals surface area (Å²) in [6.07, 6.45) is 2.69. The molecule has 112 valence electrons. The number of likely N-dealkylation sites (tertiary alicyclic amines) is 1. The number of piperidine rings is 1. The number of nitrogens with zero attached hydrogens (tertiary/aromatic N) is 2. The molecule has 0 spiro atoms. The first-order valence-corrected chi connectivity index (χ1v) is 8.00. The van der Waals surface area contributed by atoms with Gasteiger partial charge in [-0.25, -0.2) is 0 Å². The van der Waals surface area contributed by atoms with Gasteiger partial charge in [-0.1, -0.05) is 37.3 Å². The molecule has 3 nitrogen and oxygen atoms in total. The Hall–Kier alpha value is -0.900. The number of rotatable bonds is 7. The van der Waals surface area contributed by atoms with Crippen LogP contribution in [0.3, 0.4) is 0 Å². The molecule has 0 aromatic heterocycles. The summed E-state index contributed by atoms with van der Waals surface area (Å²) in [4.78, 5) is 5.11. The Kier molecular flexibility index (Phi) is 6.51. The van der Waals surface area contributed by atoms with Crippen LogP contribution in [0, 0.1) is 5.92 Å². The van der Waals surface area contributed by atoms with Gasteiger partial charge in [0.05, 0.1) is 0 Å². The van der Waals surface area contributed by atoms with E-state index < -0.39 is 0 Å². The van der Waals surface area contributed by atoms with Crippen LogP contribution < -0.4 is 5.73 Å². The zero-order valence-electron chi connectivity index (χ0n) is 12.8. The molecular weight excluding hydrogens is 246 g/mol. The van der Waals surface area contributed by atoms with Gasteiger partial charge < -0.3 is 10.6 Å². The van der Waals surface area contributed by atoms with E-state index in [0.29, 0.717) is 0 Å². The molecule has 0 saturated carbocycles. The molecule has 1 aromatic rings. The molecule has 2 N–H and O–H groups in total. The third kappa shape index (κ3) is 4.89. The fourth-order valence-corrected chi connectivity index (χ4v) is 3.20. The molecule has 1 saturated heterocycles. The van der Waals surface area contributed by atoms with Gasteiger partial charge in [0, 0.05) is 32.7 Å². The van der Waals surface area contributed by atoms with Gasteiger partial charge in [-0.2, -0.15) is 0 Å². The lowest BCUT2D eigenvalue weighted by molar-refractivity contribution is 0.134. The van der Waals surface area contributed by atoms with Crippen LogP contribution in [0.15, 0.2) is 30.3 Å². The Balaban J connectivity index is 1.83. The quantitative estimate of drug-likeness (QED) is 0.828. The first kappa shape index (κ1) is 15.5. The number of hydrogen-bond donors (Lipinski definition) is 1. The van der Waals surface area contributed by atoms with Gasteiger partial charge in [0.1, 0.15) is 0 Å². The molecule has 1 aromatic carbocycles. The average molecular weight is 275 g/mol. The van der Waals surface area contributed by atoms with Crippen molar-refractivity contribution in [2.24, 2.45) is 11.7 Å². The van der Waals surface area contributed by atoms with Gasteiger partial charge in [0.2, 0.25) is 0 Å². The predicted molar refractivity (Wildman–Crippen MR) is 85.6 cm³/mol. The van der Waals surface area contributed by atoms with Gasteiger partial charge in [-0.05, 0) is 37.4 Å². The zero-order valence-corrected chi connectivity index (χ0v) is 12.8. The maximum atomic E-state index is 5.68. The second kappa shape index (κ2) is 8.40. The van der Waals surface area contributed by atoms with Crippen LogP contribution in [0.5, 0.6) is 0 Å². The Bertz CT molecular complexity index is 364. The van der Waals surface area contributed by atoms with E-state index in [4.69, 9.17) is 5.73 Å². The van der Waals surface area contributed by atoms with E-state index >= 15 is 0 Å². The Morgan fingerprint density at radius 1 is 1.30 bits per heavy atom. The van der Waals surface area contributed by atoms with E-state index in [-0.39, 0.29) is 0 Å². The van der Waals surface area contributed by atoms with Gasteiger partial charge in [0.15, 0.2) is 0 Å². The summed E-state index contributed by atoms with van der Waals surface area (Å²) in [5.41, 5.74) is 7.10. The third-order valence-corrected chi connectivity index (χ3v) is 4.26. The van der Waals surface area contributed by atoms with Crippen molar-refractivity contribution in [3.63, 3.8) is 0 Å². The minimum absolute atomic E-state index is 0.786. The van der Waals surface area contributed by atoms with Gasteiger partial charge >= 0.3 is 0 Å². The lowest BCUT2D eigenvalue weighted by Crippen LogP contribution is -2.42. The van der Waals surface area contributed by atoms with Crippen LogP contribution in [0.25, 0.3) is 0 Å². The summed E-state index contributed by atoms with van der Waals surface area (Å²) < 4.78 is 0. The molecule has 0 radical (unpaired) electrons. The summed E-state index contributed by atoms with van der Waals surface area (Å²) in [6.45, 7) is 9.99. The molecule has 1 atom stereocenters. The molecule has 1 fully saturated rings. The standard InChI is InChI=1S/C17H29N3/c1-2-19(13-16-7-4-3-5-8-16)14-17-9-6-11-20(15-17)12-10-18/h3-5,7-8,17H,2,6,9-15,18H2,1H3/t17-/m1/s1. The van der Waals surface area contributed by atoms with E-state index in [2.05, 4.69) is 47.1 Å². The predicted octanol–water partition coefficient (Wildman–Crippen LogP) is 2.18. The largest absolute Gasteiger partial charge is 0.329 e. The molecule has 2 rings (SSSR count). The van der Waals surface area contributed by atoms with Crippen LogP contribution in [-0.2, 0) is 6.54 Å². The highest BCUT2D eigenvalue weighted by atomic mass is 15.2. The van der Waals surface area contributed by atoms with Crippen molar-refractivity contribution in [1.29, 1.82) is 0 Å². The molecule has 1 heterocycles. The maximum absolute atomic E-state index is 5.68. The SMILES string of the molecule is CCN(Cc1ccccc1)C[C@H]1CCCN(CCN)C1. The Labute approximate surface area is 123 Å². The third-order valence-electron chi connectivity index (χ3n) is 4.26. The van der Waals surface area contributed by atoms with E-state index in [1.807, 2.05) is 0 Å². The fraction of sp³-hybridized carbons (Fsp3) is 0.647. The Morgan fingerprint density at radius 2 is 2.10 bits per heavy atom. The molecule has 1 aliphatic heterocycles. The van der Waals surface area contributed by atoms with Crippen LogP contribution in [0.1, 0.15) is 25.3 Å². The first-order valence-electron chi connectivity index (χ1n) is 8.00. The molecule has 0 bridgehead atoms. The highest BCUT2D eigenvalue weighted by Crippen LogP contribution is 2.18. The minimum Gasteiger partial charge on any atom is -0.329 e. The normalized spacial score (nSPS) is 20.4. The van der Waals surface area contributed by atoms with Gasteiger partial charge in [-0.3, -0.25) is 4.90 Å². The van der Waals surface area contributed by atoms with Crippen molar-refractivity contribution in [1.82, 2.24) is 9.80 Å². The molecule has 0 unspecified atom stereocenters. The maximum Gasteiger partial charge on any atom is 0.0233 e. The summed E-state index contributed by atoms with van der Waals surface area (Å²) in [7, 11) is 0. The van der Waals surface area contributed by atoms with Crippen molar-refractivity contribution in [3.05, 3.63) is 35.9 Å². The van der Waals surface area contributed by atoms with Crippen molar-refractivity contribution >= 4 is 0 Å². The van der Waals surface area contributed by atoms with Crippen molar-refractivity contribution < 1.29 is 0 Å². The van der Waals surface area contributed by atoms with E-state index in [9.17, 15) is 0 Å². The van der Waals surface area contributed by atoms with E-state index in [0.717, 1.165) is 32.1 Å². The van der Waals surface area contributed by atoms with Crippen LogP contribution in [0.2, 0.25) is 0 Å². The Morgan fingerprint density at radius 3 is 2.80 bits per heavy atom. The van der Waals surface area contributed by atoms with Crippen LogP contribution >= 0.6 is 0 Å². The highest BCUT2D eigenvalue weighted by molar-refractivity contribution is 5.14. The van der Waals surface area contributed by atoms with Crippen molar-refractivity contribution in [2.45, 2.75) is 26.3 Å². The lowest BCUT2D eigenvalue weighted by Gasteiger charge is -2.35. The summed E-state index contributed by atoms with van der Waals surface area (Å²) >= 11 is 0. The first-order chi connectivity index (χ1) is 9.81. The minimum atomic E-state index is 0.786. The van der Waals surface area contributed by atoms with Crippen molar-refractivity contribution in [2.75, 3.05) is 39.3 Å².